The minimum Gasteiger partial charge on any atom is -0.355 e. The van der Waals surface area contributed by atoms with Crippen LogP contribution in [-0.4, -0.2) is 48.6 Å². The van der Waals surface area contributed by atoms with Crippen molar-refractivity contribution in [3.63, 3.8) is 0 Å². The number of carbonyl (C=O) groups is 1. The van der Waals surface area contributed by atoms with Crippen molar-refractivity contribution in [2.45, 2.75) is 12.8 Å². The number of aromatic nitrogens is 2. The smallest absolute Gasteiger partial charge is 0.224 e. The summed E-state index contributed by atoms with van der Waals surface area (Å²) in [6.45, 7) is 4.54. The zero-order valence-corrected chi connectivity index (χ0v) is 13.8. The second kappa shape index (κ2) is 6.41. The van der Waals surface area contributed by atoms with Crippen LogP contribution in [0.2, 0.25) is 0 Å². The lowest BCUT2D eigenvalue weighted by Gasteiger charge is -2.34. The molecule has 4 rings (SSSR count). The first-order valence-corrected chi connectivity index (χ1v) is 9.11. The Hall–Kier alpha value is -1.73. The molecular formula is C16H21N5OS. The van der Waals surface area contributed by atoms with Crippen molar-refractivity contribution < 1.29 is 4.79 Å². The molecule has 0 saturated carbocycles. The summed E-state index contributed by atoms with van der Waals surface area (Å²) in [7, 11) is 0. The molecule has 0 aromatic carbocycles. The summed E-state index contributed by atoms with van der Waals surface area (Å²) in [5.74, 6) is 1.82. The van der Waals surface area contributed by atoms with Gasteiger partial charge >= 0.3 is 0 Å². The van der Waals surface area contributed by atoms with Crippen LogP contribution in [0.25, 0.3) is 10.2 Å². The molecule has 1 amide bonds. The fourth-order valence-corrected chi connectivity index (χ4v) is 4.02. The third kappa shape index (κ3) is 3.03. The van der Waals surface area contributed by atoms with Crippen molar-refractivity contribution >= 4 is 33.3 Å². The molecule has 0 bridgehead atoms. The Bertz CT molecular complexity index is 699. The summed E-state index contributed by atoms with van der Waals surface area (Å²) >= 11 is 1.63. The van der Waals surface area contributed by atoms with E-state index >= 15 is 0 Å². The number of carbonyl (C=O) groups excluding carboxylic acids is 1. The van der Waals surface area contributed by atoms with Gasteiger partial charge in [-0.25, -0.2) is 9.97 Å². The molecule has 4 heterocycles. The molecule has 6 nitrogen and oxygen atoms in total. The van der Waals surface area contributed by atoms with Gasteiger partial charge in [0.05, 0.1) is 11.3 Å². The highest BCUT2D eigenvalue weighted by atomic mass is 32.1. The van der Waals surface area contributed by atoms with E-state index in [2.05, 4.69) is 31.6 Å². The summed E-state index contributed by atoms with van der Waals surface area (Å²) in [5, 5.41) is 9.50. The van der Waals surface area contributed by atoms with Gasteiger partial charge < -0.3 is 15.5 Å². The first kappa shape index (κ1) is 14.8. The molecular weight excluding hydrogens is 310 g/mol. The van der Waals surface area contributed by atoms with Crippen LogP contribution in [0, 0.1) is 11.8 Å². The van der Waals surface area contributed by atoms with Gasteiger partial charge in [0.1, 0.15) is 17.0 Å². The zero-order valence-electron chi connectivity index (χ0n) is 13.0. The molecule has 2 aliphatic heterocycles. The number of thiophene rings is 1. The van der Waals surface area contributed by atoms with Gasteiger partial charge in [-0.1, -0.05) is 0 Å². The molecule has 1 atom stereocenters. The van der Waals surface area contributed by atoms with Gasteiger partial charge in [-0.2, -0.15) is 0 Å². The number of hydrogen-bond acceptors (Lipinski definition) is 6. The van der Waals surface area contributed by atoms with E-state index < -0.39 is 0 Å². The molecule has 0 aliphatic carbocycles. The van der Waals surface area contributed by atoms with Crippen LogP contribution >= 0.6 is 11.3 Å². The summed E-state index contributed by atoms with van der Waals surface area (Å²) in [4.78, 5) is 24.5. The summed E-state index contributed by atoms with van der Waals surface area (Å²) in [6.07, 6.45) is 3.61. The van der Waals surface area contributed by atoms with Gasteiger partial charge in [0.2, 0.25) is 5.91 Å². The van der Waals surface area contributed by atoms with Crippen molar-refractivity contribution in [2.24, 2.45) is 11.8 Å². The van der Waals surface area contributed by atoms with Gasteiger partial charge in [-0.05, 0) is 24.3 Å². The molecule has 0 radical (unpaired) electrons. The Kier molecular flexibility index (Phi) is 4.13. The van der Waals surface area contributed by atoms with E-state index in [0.29, 0.717) is 5.92 Å². The second-order valence-corrected chi connectivity index (χ2v) is 7.29. The average Bonchev–Trinajstić information content (AvgIpc) is 3.02. The fraction of sp³-hybridized carbons (Fsp3) is 0.562. The van der Waals surface area contributed by atoms with Crippen molar-refractivity contribution in [3.8, 4) is 0 Å². The van der Waals surface area contributed by atoms with Gasteiger partial charge in [-0.3, -0.25) is 4.79 Å². The zero-order chi connectivity index (χ0) is 15.6. The number of amides is 1. The highest BCUT2D eigenvalue weighted by Gasteiger charge is 2.28. The number of nitrogens with one attached hydrogen (secondary N) is 2. The molecule has 2 N–H and O–H groups in total. The maximum Gasteiger partial charge on any atom is 0.224 e. The van der Waals surface area contributed by atoms with E-state index in [0.717, 1.165) is 61.6 Å². The van der Waals surface area contributed by atoms with Gasteiger partial charge in [0, 0.05) is 38.6 Å². The maximum atomic E-state index is 12.4. The third-order valence-electron chi connectivity index (χ3n) is 4.76. The minimum atomic E-state index is 0.0560. The number of piperidine rings is 1. The van der Waals surface area contributed by atoms with Crippen LogP contribution in [0.4, 0.5) is 5.82 Å². The molecule has 2 aromatic heterocycles. The molecule has 2 aromatic rings. The lowest BCUT2D eigenvalue weighted by molar-refractivity contribution is -0.125. The number of anilines is 1. The van der Waals surface area contributed by atoms with E-state index in [-0.39, 0.29) is 11.8 Å². The highest BCUT2D eigenvalue weighted by molar-refractivity contribution is 7.16. The minimum absolute atomic E-state index is 0.0560. The van der Waals surface area contributed by atoms with E-state index in [1.165, 1.54) is 0 Å². The first-order valence-electron chi connectivity index (χ1n) is 8.23. The second-order valence-electron chi connectivity index (χ2n) is 6.39. The molecule has 7 heteroatoms. The predicted octanol–water partition coefficient (Wildman–Crippen LogP) is 1.24. The number of rotatable bonds is 4. The van der Waals surface area contributed by atoms with Gasteiger partial charge in [0.15, 0.2) is 0 Å². The van der Waals surface area contributed by atoms with Crippen LogP contribution in [0.1, 0.15) is 12.8 Å². The highest BCUT2D eigenvalue weighted by Crippen LogP contribution is 2.29. The Balaban J connectivity index is 1.44. The van der Waals surface area contributed by atoms with Crippen LogP contribution in [0.5, 0.6) is 0 Å². The van der Waals surface area contributed by atoms with Crippen molar-refractivity contribution in [1.29, 1.82) is 0 Å². The largest absolute Gasteiger partial charge is 0.355 e. The SMILES string of the molecule is O=C(NCC1CNC1)C1CCCN(c2ncnc3sccc23)C1. The summed E-state index contributed by atoms with van der Waals surface area (Å²) in [5.41, 5.74) is 0. The summed E-state index contributed by atoms with van der Waals surface area (Å²) in [6, 6.07) is 2.07. The van der Waals surface area contributed by atoms with Crippen molar-refractivity contribution in [1.82, 2.24) is 20.6 Å². The number of fused-ring (bicyclic) bond motifs is 1. The van der Waals surface area contributed by atoms with Gasteiger partial charge in [-0.15, -0.1) is 11.3 Å². The third-order valence-corrected chi connectivity index (χ3v) is 5.58. The summed E-state index contributed by atoms with van der Waals surface area (Å²) < 4.78 is 0. The normalized spacial score (nSPS) is 22.1. The Morgan fingerprint density at radius 3 is 3.17 bits per heavy atom. The van der Waals surface area contributed by atoms with Crippen LogP contribution in [-0.2, 0) is 4.79 Å². The lowest BCUT2D eigenvalue weighted by Crippen LogP contribution is -2.50. The van der Waals surface area contributed by atoms with Crippen LogP contribution in [0.3, 0.4) is 0 Å². The van der Waals surface area contributed by atoms with E-state index in [4.69, 9.17) is 0 Å². The molecule has 122 valence electrons. The fourth-order valence-electron chi connectivity index (χ4n) is 3.29. The molecule has 23 heavy (non-hydrogen) atoms. The molecule has 2 saturated heterocycles. The predicted molar refractivity (Wildman–Crippen MR) is 91.7 cm³/mol. The Labute approximate surface area is 139 Å². The molecule has 1 unspecified atom stereocenters. The molecule has 2 aliphatic rings. The quantitative estimate of drug-likeness (QED) is 0.882. The monoisotopic (exact) mass is 331 g/mol. The molecule has 0 spiro atoms. The maximum absolute atomic E-state index is 12.4. The topological polar surface area (TPSA) is 70.2 Å². The molecule has 2 fully saturated rings. The van der Waals surface area contributed by atoms with Crippen LogP contribution < -0.4 is 15.5 Å². The number of hydrogen-bond donors (Lipinski definition) is 2. The Morgan fingerprint density at radius 2 is 2.35 bits per heavy atom. The van der Waals surface area contributed by atoms with Crippen molar-refractivity contribution in [2.75, 3.05) is 37.6 Å². The number of nitrogens with zero attached hydrogens (tertiary/aromatic N) is 3. The van der Waals surface area contributed by atoms with Gasteiger partial charge in [0.25, 0.3) is 0 Å². The lowest BCUT2D eigenvalue weighted by atomic mass is 9.96. The van der Waals surface area contributed by atoms with E-state index in [1.807, 2.05) is 5.38 Å². The van der Waals surface area contributed by atoms with Crippen LogP contribution in [0.15, 0.2) is 17.8 Å². The van der Waals surface area contributed by atoms with Crippen molar-refractivity contribution in [3.05, 3.63) is 17.8 Å². The Morgan fingerprint density at radius 1 is 1.43 bits per heavy atom. The van der Waals surface area contributed by atoms with E-state index in [9.17, 15) is 4.79 Å². The van der Waals surface area contributed by atoms with E-state index in [1.54, 1.807) is 17.7 Å². The standard InChI is InChI=1S/C16H21N5OS/c22-15(18-8-11-6-17-7-11)12-2-1-4-21(9-12)14-13-3-5-23-16(13)20-10-19-14/h3,5,10-12,17H,1-2,4,6-9H2,(H,18,22). The first-order chi connectivity index (χ1) is 11.3. The average molecular weight is 331 g/mol.